The minimum Gasteiger partial charge on any atom is -0.481 e. The zero-order valence-corrected chi connectivity index (χ0v) is 11.8. The monoisotopic (exact) mass is 326 g/mol. The van der Waals surface area contributed by atoms with Gasteiger partial charge in [-0.25, -0.2) is 0 Å². The van der Waals surface area contributed by atoms with Crippen molar-refractivity contribution in [3.63, 3.8) is 0 Å². The fraction of sp³-hybridized carbons (Fsp3) is 0.385. The van der Waals surface area contributed by atoms with E-state index in [2.05, 4.69) is 21.2 Å². The second-order valence-corrected chi connectivity index (χ2v) is 5.51. The molecule has 0 aromatic heterocycles. The molecule has 5 nitrogen and oxygen atoms in total. The predicted molar refractivity (Wildman–Crippen MR) is 75.0 cm³/mol. The SMILES string of the molecule is NC(=O)c1c(Br)cccc1NC1CCCC1C(=O)O. The Morgan fingerprint density at radius 1 is 1.37 bits per heavy atom. The topological polar surface area (TPSA) is 92.4 Å². The lowest BCUT2D eigenvalue weighted by atomic mass is 10.0. The molecule has 1 aromatic carbocycles. The molecule has 0 aliphatic heterocycles. The van der Waals surface area contributed by atoms with Gasteiger partial charge in [0.2, 0.25) is 0 Å². The number of nitrogens with one attached hydrogen (secondary N) is 1. The lowest BCUT2D eigenvalue weighted by Crippen LogP contribution is -2.30. The Bertz CT molecular complexity index is 519. The van der Waals surface area contributed by atoms with Gasteiger partial charge in [0.1, 0.15) is 0 Å². The molecule has 4 N–H and O–H groups in total. The van der Waals surface area contributed by atoms with Crippen molar-refractivity contribution in [1.82, 2.24) is 0 Å². The van der Waals surface area contributed by atoms with Crippen LogP contribution in [0.15, 0.2) is 22.7 Å². The summed E-state index contributed by atoms with van der Waals surface area (Å²) in [6.07, 6.45) is 2.31. The number of carboxylic acids is 1. The number of carboxylic acid groups (broad SMARTS) is 1. The van der Waals surface area contributed by atoms with Gasteiger partial charge >= 0.3 is 5.97 Å². The molecule has 1 aliphatic rings. The lowest BCUT2D eigenvalue weighted by Gasteiger charge is -2.20. The van der Waals surface area contributed by atoms with Gasteiger partial charge in [-0.1, -0.05) is 12.5 Å². The third-order valence-electron chi connectivity index (χ3n) is 3.43. The van der Waals surface area contributed by atoms with Crippen LogP contribution in [0.3, 0.4) is 0 Å². The molecule has 2 unspecified atom stereocenters. The van der Waals surface area contributed by atoms with E-state index in [-0.39, 0.29) is 6.04 Å². The van der Waals surface area contributed by atoms with E-state index in [4.69, 9.17) is 10.8 Å². The number of aliphatic carboxylic acids is 1. The summed E-state index contributed by atoms with van der Waals surface area (Å²) in [6.45, 7) is 0. The largest absolute Gasteiger partial charge is 0.481 e. The molecule has 1 saturated carbocycles. The third kappa shape index (κ3) is 2.89. The van der Waals surface area contributed by atoms with E-state index in [0.717, 1.165) is 12.8 Å². The Balaban J connectivity index is 2.26. The highest BCUT2D eigenvalue weighted by Crippen LogP contribution is 2.31. The first-order chi connectivity index (χ1) is 9.00. The first-order valence-corrected chi connectivity index (χ1v) is 6.87. The summed E-state index contributed by atoms with van der Waals surface area (Å²) >= 11 is 3.28. The second-order valence-electron chi connectivity index (χ2n) is 4.65. The first kappa shape index (κ1) is 13.9. The first-order valence-electron chi connectivity index (χ1n) is 6.08. The fourth-order valence-electron chi connectivity index (χ4n) is 2.52. The Kier molecular flexibility index (Phi) is 4.09. The smallest absolute Gasteiger partial charge is 0.308 e. The van der Waals surface area contributed by atoms with Gasteiger partial charge in [-0.05, 0) is 40.9 Å². The molecule has 1 fully saturated rings. The number of anilines is 1. The van der Waals surface area contributed by atoms with Crippen LogP contribution in [-0.4, -0.2) is 23.0 Å². The molecule has 2 atom stereocenters. The van der Waals surface area contributed by atoms with Crippen molar-refractivity contribution in [3.05, 3.63) is 28.2 Å². The summed E-state index contributed by atoms with van der Waals surface area (Å²) in [7, 11) is 0. The summed E-state index contributed by atoms with van der Waals surface area (Å²) < 4.78 is 0.606. The Morgan fingerprint density at radius 3 is 2.74 bits per heavy atom. The number of halogens is 1. The van der Waals surface area contributed by atoms with Gasteiger partial charge in [0, 0.05) is 16.2 Å². The van der Waals surface area contributed by atoms with E-state index >= 15 is 0 Å². The summed E-state index contributed by atoms with van der Waals surface area (Å²) in [5.41, 5.74) is 6.30. The molecular formula is C13H15BrN2O3. The molecule has 0 spiro atoms. The summed E-state index contributed by atoms with van der Waals surface area (Å²) in [6, 6.07) is 5.09. The molecular weight excluding hydrogens is 312 g/mol. The molecule has 2 rings (SSSR count). The summed E-state index contributed by atoms with van der Waals surface area (Å²) in [5.74, 6) is -1.76. The van der Waals surface area contributed by atoms with Crippen LogP contribution in [0.5, 0.6) is 0 Å². The molecule has 0 bridgehead atoms. The van der Waals surface area contributed by atoms with Crippen molar-refractivity contribution < 1.29 is 14.7 Å². The maximum absolute atomic E-state index is 11.5. The van der Waals surface area contributed by atoms with Crippen molar-refractivity contribution >= 4 is 33.5 Å². The predicted octanol–water partition coefficient (Wildman–Crippen LogP) is 2.21. The minimum absolute atomic E-state index is 0.162. The van der Waals surface area contributed by atoms with Crippen molar-refractivity contribution in [2.75, 3.05) is 5.32 Å². The molecule has 6 heteroatoms. The Morgan fingerprint density at radius 2 is 2.11 bits per heavy atom. The summed E-state index contributed by atoms with van der Waals surface area (Å²) in [4.78, 5) is 22.6. The van der Waals surface area contributed by atoms with Gasteiger partial charge in [-0.3, -0.25) is 9.59 Å². The highest BCUT2D eigenvalue weighted by molar-refractivity contribution is 9.10. The highest BCUT2D eigenvalue weighted by Gasteiger charge is 2.33. The lowest BCUT2D eigenvalue weighted by molar-refractivity contribution is -0.141. The van der Waals surface area contributed by atoms with Gasteiger partial charge in [-0.15, -0.1) is 0 Å². The van der Waals surface area contributed by atoms with Crippen LogP contribution in [-0.2, 0) is 4.79 Å². The normalized spacial score (nSPS) is 22.2. The number of benzene rings is 1. The standard InChI is InChI=1S/C13H15BrN2O3/c14-8-4-2-6-10(11(8)12(15)17)16-9-5-1-3-7(9)13(18)19/h2,4,6-7,9,16H,1,3,5H2,(H2,15,17)(H,18,19). The number of hydrogen-bond acceptors (Lipinski definition) is 3. The highest BCUT2D eigenvalue weighted by atomic mass is 79.9. The van der Waals surface area contributed by atoms with Crippen LogP contribution in [0, 0.1) is 5.92 Å². The number of amides is 1. The zero-order valence-electron chi connectivity index (χ0n) is 10.2. The Hall–Kier alpha value is -1.56. The molecule has 19 heavy (non-hydrogen) atoms. The summed E-state index contributed by atoms with van der Waals surface area (Å²) in [5, 5.41) is 12.3. The number of carbonyl (C=O) groups excluding carboxylic acids is 1. The molecule has 0 radical (unpaired) electrons. The van der Waals surface area contributed by atoms with E-state index in [9.17, 15) is 9.59 Å². The molecule has 1 aromatic rings. The van der Waals surface area contributed by atoms with E-state index < -0.39 is 17.8 Å². The van der Waals surface area contributed by atoms with Crippen molar-refractivity contribution in [2.24, 2.45) is 11.7 Å². The fourth-order valence-corrected chi connectivity index (χ4v) is 3.08. The maximum atomic E-state index is 11.5. The molecule has 1 aliphatic carbocycles. The number of primary amides is 1. The van der Waals surface area contributed by atoms with Crippen molar-refractivity contribution in [1.29, 1.82) is 0 Å². The van der Waals surface area contributed by atoms with Gasteiger partial charge in [0.05, 0.1) is 11.5 Å². The van der Waals surface area contributed by atoms with E-state index in [1.807, 2.05) is 0 Å². The van der Waals surface area contributed by atoms with Crippen LogP contribution in [0.2, 0.25) is 0 Å². The molecule has 1 amide bonds. The second kappa shape index (κ2) is 5.61. The van der Waals surface area contributed by atoms with E-state index in [1.54, 1.807) is 18.2 Å². The maximum Gasteiger partial charge on any atom is 0.308 e. The average Bonchev–Trinajstić information content (AvgIpc) is 2.76. The number of carbonyl (C=O) groups is 2. The average molecular weight is 327 g/mol. The molecule has 0 saturated heterocycles. The van der Waals surface area contributed by atoms with Crippen LogP contribution >= 0.6 is 15.9 Å². The number of rotatable bonds is 4. The third-order valence-corrected chi connectivity index (χ3v) is 4.09. The van der Waals surface area contributed by atoms with Crippen LogP contribution in [0.25, 0.3) is 0 Å². The van der Waals surface area contributed by atoms with Crippen molar-refractivity contribution in [2.45, 2.75) is 25.3 Å². The molecule has 0 heterocycles. The van der Waals surface area contributed by atoms with E-state index in [0.29, 0.717) is 22.1 Å². The van der Waals surface area contributed by atoms with Crippen LogP contribution in [0.4, 0.5) is 5.69 Å². The van der Waals surface area contributed by atoms with Crippen LogP contribution < -0.4 is 11.1 Å². The Labute approximate surface area is 119 Å². The van der Waals surface area contributed by atoms with Gasteiger partial charge in [0.15, 0.2) is 0 Å². The van der Waals surface area contributed by atoms with Crippen molar-refractivity contribution in [3.8, 4) is 0 Å². The number of hydrogen-bond donors (Lipinski definition) is 3. The minimum atomic E-state index is -0.800. The molecule has 102 valence electrons. The zero-order chi connectivity index (χ0) is 14.0. The van der Waals surface area contributed by atoms with Gasteiger partial charge in [-0.2, -0.15) is 0 Å². The van der Waals surface area contributed by atoms with Gasteiger partial charge in [0.25, 0.3) is 5.91 Å². The quantitative estimate of drug-likeness (QED) is 0.790. The van der Waals surface area contributed by atoms with E-state index in [1.165, 1.54) is 0 Å². The van der Waals surface area contributed by atoms with Gasteiger partial charge < -0.3 is 16.2 Å². The van der Waals surface area contributed by atoms with Crippen LogP contribution in [0.1, 0.15) is 29.6 Å². The number of nitrogens with two attached hydrogens (primary N) is 1.